The van der Waals surface area contributed by atoms with Crippen LogP contribution in [-0.4, -0.2) is 50.1 Å². The topological polar surface area (TPSA) is 69.5 Å². The van der Waals surface area contributed by atoms with Crippen LogP contribution in [0.3, 0.4) is 0 Å². The zero-order chi connectivity index (χ0) is 19.4. The molecule has 0 aliphatic heterocycles. The highest BCUT2D eigenvalue weighted by molar-refractivity contribution is 7.22. The van der Waals surface area contributed by atoms with Crippen molar-refractivity contribution in [1.82, 2.24) is 9.88 Å². The maximum absolute atomic E-state index is 13.1. The minimum atomic E-state index is -0.132. The minimum absolute atomic E-state index is 0. The van der Waals surface area contributed by atoms with Gasteiger partial charge in [-0.2, -0.15) is 5.26 Å². The molecule has 0 bridgehead atoms. The Balaban J connectivity index is 0.00000280. The van der Waals surface area contributed by atoms with Crippen molar-refractivity contribution in [3.63, 3.8) is 0 Å². The Kier molecular flexibility index (Phi) is 7.35. The number of ether oxygens (including phenoxy) is 1. The third kappa shape index (κ3) is 4.78. The van der Waals surface area contributed by atoms with E-state index < -0.39 is 0 Å². The summed E-state index contributed by atoms with van der Waals surface area (Å²) in [6, 6.07) is 14.4. The van der Waals surface area contributed by atoms with Crippen LogP contribution in [0.1, 0.15) is 15.9 Å². The average Bonchev–Trinajstić information content (AvgIpc) is 3.10. The quantitative estimate of drug-likeness (QED) is 0.611. The van der Waals surface area contributed by atoms with Gasteiger partial charge in [-0.1, -0.05) is 11.3 Å². The number of fused-ring (bicyclic) bond motifs is 1. The molecule has 0 spiro atoms. The van der Waals surface area contributed by atoms with Crippen LogP contribution < -0.4 is 9.64 Å². The molecule has 0 saturated carbocycles. The Morgan fingerprint density at radius 1 is 1.18 bits per heavy atom. The van der Waals surface area contributed by atoms with Crippen LogP contribution in [0.5, 0.6) is 5.75 Å². The van der Waals surface area contributed by atoms with Crippen LogP contribution in [0.15, 0.2) is 42.5 Å². The summed E-state index contributed by atoms with van der Waals surface area (Å²) in [5, 5.41) is 9.60. The van der Waals surface area contributed by atoms with E-state index in [9.17, 15) is 4.79 Å². The van der Waals surface area contributed by atoms with E-state index in [-0.39, 0.29) is 18.3 Å². The summed E-state index contributed by atoms with van der Waals surface area (Å²) < 4.78 is 6.24. The molecular formula is C20H21ClN4O2S. The molecule has 3 aromatic rings. The van der Waals surface area contributed by atoms with E-state index in [1.54, 1.807) is 36.3 Å². The number of aromatic nitrogens is 1. The van der Waals surface area contributed by atoms with E-state index in [4.69, 9.17) is 10.00 Å². The van der Waals surface area contributed by atoms with Crippen molar-refractivity contribution < 1.29 is 9.53 Å². The van der Waals surface area contributed by atoms with Crippen molar-refractivity contribution in [2.45, 2.75) is 0 Å². The highest BCUT2D eigenvalue weighted by atomic mass is 35.5. The van der Waals surface area contributed by atoms with Crippen LogP contribution in [0.4, 0.5) is 5.13 Å². The van der Waals surface area contributed by atoms with E-state index in [2.05, 4.69) is 11.1 Å². The SMILES string of the molecule is COc1ccc2nc(N(CCN(C)C)C(=O)c3ccc(C#N)cc3)sc2c1.Cl. The normalized spacial score (nSPS) is 10.4. The second-order valence-corrected chi connectivity index (χ2v) is 7.29. The lowest BCUT2D eigenvalue weighted by atomic mass is 10.1. The third-order valence-corrected chi connectivity index (χ3v) is 5.13. The Morgan fingerprint density at radius 2 is 1.89 bits per heavy atom. The summed E-state index contributed by atoms with van der Waals surface area (Å²) >= 11 is 1.46. The lowest BCUT2D eigenvalue weighted by Gasteiger charge is -2.22. The number of hydrogen-bond acceptors (Lipinski definition) is 6. The van der Waals surface area contributed by atoms with Gasteiger partial charge in [-0.15, -0.1) is 12.4 Å². The van der Waals surface area contributed by atoms with Gasteiger partial charge in [0.15, 0.2) is 5.13 Å². The van der Waals surface area contributed by atoms with Gasteiger partial charge in [-0.25, -0.2) is 4.98 Å². The number of rotatable bonds is 6. The molecule has 0 fully saturated rings. The molecule has 0 N–H and O–H groups in total. The molecule has 2 aromatic carbocycles. The lowest BCUT2D eigenvalue weighted by Crippen LogP contribution is -2.36. The Hall–Kier alpha value is -2.66. The van der Waals surface area contributed by atoms with Crippen LogP contribution >= 0.6 is 23.7 Å². The molecule has 28 heavy (non-hydrogen) atoms. The number of halogens is 1. The van der Waals surface area contributed by atoms with Crippen molar-refractivity contribution in [2.24, 2.45) is 0 Å². The van der Waals surface area contributed by atoms with Gasteiger partial charge >= 0.3 is 0 Å². The van der Waals surface area contributed by atoms with Crippen LogP contribution in [0.2, 0.25) is 0 Å². The standard InChI is InChI=1S/C20H20N4O2S.ClH/c1-23(2)10-11-24(19(25)15-6-4-14(13-21)5-7-15)20-22-17-9-8-16(26-3)12-18(17)27-20;/h4-9,12H,10-11H2,1-3H3;1H. The first-order valence-electron chi connectivity index (χ1n) is 8.43. The predicted molar refractivity (Wildman–Crippen MR) is 115 cm³/mol. The van der Waals surface area contributed by atoms with Crippen LogP contribution in [0, 0.1) is 11.3 Å². The fourth-order valence-corrected chi connectivity index (χ4v) is 3.58. The number of nitrogens with zero attached hydrogens (tertiary/aromatic N) is 4. The molecule has 1 amide bonds. The monoisotopic (exact) mass is 416 g/mol. The Bertz CT molecular complexity index is 996. The molecule has 0 atom stereocenters. The fraction of sp³-hybridized carbons (Fsp3) is 0.250. The molecule has 146 valence electrons. The summed E-state index contributed by atoms with van der Waals surface area (Å²) in [4.78, 5) is 21.5. The van der Waals surface area contributed by atoms with Gasteiger partial charge in [0.2, 0.25) is 0 Å². The fourth-order valence-electron chi connectivity index (χ4n) is 2.56. The number of thiazole rings is 1. The van der Waals surface area contributed by atoms with Crippen molar-refractivity contribution in [3.05, 3.63) is 53.6 Å². The first-order chi connectivity index (χ1) is 13.0. The summed E-state index contributed by atoms with van der Waals surface area (Å²) in [6.07, 6.45) is 0. The smallest absolute Gasteiger partial charge is 0.260 e. The maximum Gasteiger partial charge on any atom is 0.260 e. The van der Waals surface area contributed by atoms with Gasteiger partial charge in [0, 0.05) is 18.7 Å². The van der Waals surface area contributed by atoms with E-state index in [0.717, 1.165) is 16.0 Å². The summed E-state index contributed by atoms with van der Waals surface area (Å²) in [7, 11) is 5.56. The molecule has 8 heteroatoms. The van der Waals surface area contributed by atoms with E-state index in [1.165, 1.54) is 11.3 Å². The van der Waals surface area contributed by atoms with Crippen LogP contribution in [-0.2, 0) is 0 Å². The highest BCUT2D eigenvalue weighted by Crippen LogP contribution is 2.32. The average molecular weight is 417 g/mol. The van der Waals surface area contributed by atoms with Crippen molar-refractivity contribution in [3.8, 4) is 11.8 Å². The number of benzene rings is 2. The molecule has 0 radical (unpaired) electrons. The Labute approximate surface area is 174 Å². The summed E-state index contributed by atoms with van der Waals surface area (Å²) in [5.74, 6) is 0.628. The van der Waals surface area contributed by atoms with Gasteiger partial charge in [-0.05, 0) is 56.6 Å². The number of carbonyl (C=O) groups is 1. The zero-order valence-electron chi connectivity index (χ0n) is 15.9. The molecule has 1 aromatic heterocycles. The second kappa shape index (κ2) is 9.51. The van der Waals surface area contributed by atoms with Crippen molar-refractivity contribution >= 4 is 45.0 Å². The Morgan fingerprint density at radius 3 is 2.50 bits per heavy atom. The first-order valence-corrected chi connectivity index (χ1v) is 9.25. The number of anilines is 1. The van der Waals surface area contributed by atoms with Gasteiger partial charge < -0.3 is 9.64 Å². The maximum atomic E-state index is 13.1. The molecule has 1 heterocycles. The number of carbonyl (C=O) groups excluding carboxylic acids is 1. The number of nitriles is 1. The minimum Gasteiger partial charge on any atom is -0.497 e. The summed E-state index contributed by atoms with van der Waals surface area (Å²) in [6.45, 7) is 1.23. The zero-order valence-corrected chi connectivity index (χ0v) is 17.5. The predicted octanol–water partition coefficient (Wildman–Crippen LogP) is 3.81. The van der Waals surface area contributed by atoms with E-state index >= 15 is 0 Å². The molecule has 0 unspecified atom stereocenters. The molecule has 6 nitrogen and oxygen atoms in total. The molecule has 3 rings (SSSR count). The second-order valence-electron chi connectivity index (χ2n) is 6.28. The van der Waals surface area contributed by atoms with Gasteiger partial charge in [0.25, 0.3) is 5.91 Å². The van der Waals surface area contributed by atoms with Crippen molar-refractivity contribution in [1.29, 1.82) is 5.26 Å². The number of amides is 1. The highest BCUT2D eigenvalue weighted by Gasteiger charge is 2.21. The van der Waals surface area contributed by atoms with Crippen molar-refractivity contribution in [2.75, 3.05) is 39.2 Å². The third-order valence-electron chi connectivity index (χ3n) is 4.09. The first kappa shape index (κ1) is 21.6. The lowest BCUT2D eigenvalue weighted by molar-refractivity contribution is 0.0985. The largest absolute Gasteiger partial charge is 0.497 e. The molecule has 0 aliphatic carbocycles. The van der Waals surface area contributed by atoms with Crippen LogP contribution in [0.25, 0.3) is 10.2 Å². The number of likely N-dealkylation sites (N-methyl/N-ethyl adjacent to an activating group) is 1. The van der Waals surface area contributed by atoms with Gasteiger partial charge in [0.05, 0.1) is 29.0 Å². The molecule has 0 saturated heterocycles. The number of methoxy groups -OCH3 is 1. The number of hydrogen-bond donors (Lipinski definition) is 0. The van der Waals surface area contributed by atoms with E-state index in [1.807, 2.05) is 37.2 Å². The van der Waals surface area contributed by atoms with Gasteiger partial charge in [0.1, 0.15) is 5.75 Å². The van der Waals surface area contributed by atoms with E-state index in [0.29, 0.717) is 29.3 Å². The van der Waals surface area contributed by atoms with Gasteiger partial charge in [-0.3, -0.25) is 9.69 Å². The summed E-state index contributed by atoms with van der Waals surface area (Å²) in [5.41, 5.74) is 1.89. The molecule has 0 aliphatic rings. The molecular weight excluding hydrogens is 396 g/mol.